The van der Waals surface area contributed by atoms with Crippen molar-refractivity contribution in [2.75, 3.05) is 30.3 Å². The Kier molecular flexibility index (Phi) is 7.97. The third kappa shape index (κ3) is 5.08. The lowest BCUT2D eigenvalue weighted by atomic mass is 10.1. The minimum absolute atomic E-state index is 0.0623. The molecule has 1 saturated heterocycles. The number of amides is 1. The predicted molar refractivity (Wildman–Crippen MR) is 163 cm³/mol. The zero-order valence-corrected chi connectivity index (χ0v) is 25.4. The van der Waals surface area contributed by atoms with E-state index in [2.05, 4.69) is 21.5 Å². The quantitative estimate of drug-likeness (QED) is 0.252. The average Bonchev–Trinajstić information content (AvgIpc) is 2.97. The van der Waals surface area contributed by atoms with Crippen LogP contribution in [-0.2, 0) is 14.6 Å². The Hall–Kier alpha value is -4.72. The number of carbonyl (C=O) groups excluding carboxylic acids is 1. The fourth-order valence-corrected chi connectivity index (χ4v) is 6.50. The second-order valence-corrected chi connectivity index (χ2v) is 13.3. The van der Waals surface area contributed by atoms with E-state index in [-0.39, 0.29) is 70.4 Å². The molecule has 14 heteroatoms. The third-order valence-electron chi connectivity index (χ3n) is 7.68. The van der Waals surface area contributed by atoms with Gasteiger partial charge in [-0.1, -0.05) is 12.6 Å². The van der Waals surface area contributed by atoms with Crippen LogP contribution in [0.25, 0.3) is 28.0 Å². The number of nitrogen functional groups attached to an aromatic ring is 1. The number of nitrogens with zero attached hydrogens (tertiary/aromatic N) is 6. The van der Waals surface area contributed by atoms with Crippen LogP contribution in [0.2, 0.25) is 0 Å². The molecule has 0 radical (unpaired) electrons. The number of carbonyl (C=O) groups is 1. The first-order chi connectivity index (χ1) is 20.8. The van der Waals surface area contributed by atoms with Crippen LogP contribution in [0.4, 0.5) is 20.3 Å². The number of piperazine rings is 1. The van der Waals surface area contributed by atoms with Gasteiger partial charge in [0.2, 0.25) is 5.91 Å². The van der Waals surface area contributed by atoms with Crippen LogP contribution in [-0.4, -0.2) is 69.7 Å². The van der Waals surface area contributed by atoms with Crippen LogP contribution >= 0.6 is 0 Å². The van der Waals surface area contributed by atoms with Gasteiger partial charge in [0.15, 0.2) is 26.3 Å². The largest absolute Gasteiger partial charge is 0.398 e. The Morgan fingerprint density at radius 1 is 1.16 bits per heavy atom. The molecule has 1 aliphatic heterocycles. The molecule has 1 aromatic carbocycles. The molecule has 0 bridgehead atoms. The molecule has 0 aliphatic carbocycles. The minimum Gasteiger partial charge on any atom is -0.398 e. The van der Waals surface area contributed by atoms with Crippen molar-refractivity contribution in [2.45, 2.75) is 44.0 Å². The molecule has 1 atom stereocenters. The molecule has 44 heavy (non-hydrogen) atoms. The number of sulfone groups is 1. The first-order valence-electron chi connectivity index (χ1n) is 13.8. The number of rotatable bonds is 6. The van der Waals surface area contributed by atoms with Crippen molar-refractivity contribution < 1.29 is 22.0 Å². The van der Waals surface area contributed by atoms with Gasteiger partial charge in [-0.15, -0.1) is 0 Å². The smallest absolute Gasteiger partial charge is 0.355 e. The first kappa shape index (κ1) is 30.7. The van der Waals surface area contributed by atoms with Crippen LogP contribution in [0.3, 0.4) is 0 Å². The van der Waals surface area contributed by atoms with Gasteiger partial charge in [0, 0.05) is 37.6 Å². The summed E-state index contributed by atoms with van der Waals surface area (Å²) >= 11 is 0. The molecule has 0 unspecified atom stereocenters. The molecule has 1 amide bonds. The summed E-state index contributed by atoms with van der Waals surface area (Å²) in [7, 11) is -4.04. The lowest BCUT2D eigenvalue weighted by Gasteiger charge is -2.40. The highest BCUT2D eigenvalue weighted by molar-refractivity contribution is 7.92. The fraction of sp³-hybridized carbons (Fsp3) is 0.300. The summed E-state index contributed by atoms with van der Waals surface area (Å²) in [5.41, 5.74) is 4.34. The van der Waals surface area contributed by atoms with Crippen molar-refractivity contribution in [1.29, 1.82) is 0 Å². The standard InChI is InChI=1S/C30H31F2N7O4S/c1-6-23(40)37-12-13-38(18(5)15-37)27-19-14-21(32)25(24-20(31)8-7-9-22(24)33)35-28(19)39(30(41)36-27)26-17(4)10-11-34-29(26)44(42,43)16(2)3/h6-11,14,16,18H,1,12-13,15,33H2,2-5H3/t18-/m0/s1. The van der Waals surface area contributed by atoms with E-state index >= 15 is 8.78 Å². The normalized spacial score (nSPS) is 15.7. The zero-order valence-electron chi connectivity index (χ0n) is 24.6. The van der Waals surface area contributed by atoms with Crippen LogP contribution in [0, 0.1) is 18.6 Å². The van der Waals surface area contributed by atoms with Gasteiger partial charge in [-0.2, -0.15) is 4.98 Å². The van der Waals surface area contributed by atoms with Crippen LogP contribution < -0.4 is 16.3 Å². The molecule has 0 spiro atoms. The van der Waals surface area contributed by atoms with Crippen LogP contribution in [0.1, 0.15) is 26.3 Å². The summed E-state index contributed by atoms with van der Waals surface area (Å²) in [4.78, 5) is 42.5. The van der Waals surface area contributed by atoms with E-state index in [1.54, 1.807) is 16.7 Å². The minimum atomic E-state index is -4.04. The summed E-state index contributed by atoms with van der Waals surface area (Å²) in [6, 6.07) is 6.10. The maximum Gasteiger partial charge on any atom is 0.355 e. The number of benzene rings is 1. The van der Waals surface area contributed by atoms with Crippen LogP contribution in [0.15, 0.2) is 59.0 Å². The summed E-state index contributed by atoms with van der Waals surface area (Å²) < 4.78 is 58.8. The Morgan fingerprint density at radius 3 is 2.52 bits per heavy atom. The average molecular weight is 624 g/mol. The fourth-order valence-electron chi connectivity index (χ4n) is 5.32. The lowest BCUT2D eigenvalue weighted by Crippen LogP contribution is -2.54. The molecule has 4 heterocycles. The molecule has 1 aliphatic rings. The zero-order chi connectivity index (χ0) is 32.1. The van der Waals surface area contributed by atoms with Gasteiger partial charge in [0.1, 0.15) is 17.3 Å². The highest BCUT2D eigenvalue weighted by atomic mass is 32.2. The summed E-state index contributed by atoms with van der Waals surface area (Å²) in [6.07, 6.45) is 2.53. The maximum absolute atomic E-state index is 15.9. The van der Waals surface area contributed by atoms with Crippen molar-refractivity contribution in [3.05, 3.63) is 76.9 Å². The number of pyridine rings is 2. The van der Waals surface area contributed by atoms with Crippen molar-refractivity contribution >= 4 is 38.3 Å². The second-order valence-electron chi connectivity index (χ2n) is 10.9. The molecule has 11 nitrogen and oxygen atoms in total. The first-order valence-corrected chi connectivity index (χ1v) is 15.4. The number of aromatic nitrogens is 4. The highest BCUT2D eigenvalue weighted by Gasteiger charge is 2.32. The van der Waals surface area contributed by atoms with Crippen LogP contribution in [0.5, 0.6) is 0 Å². The van der Waals surface area contributed by atoms with Gasteiger partial charge in [0.05, 0.1) is 21.9 Å². The highest BCUT2D eigenvalue weighted by Crippen LogP contribution is 2.35. The molecule has 5 rings (SSSR count). The molecular weight excluding hydrogens is 592 g/mol. The van der Waals surface area contributed by atoms with Crippen molar-refractivity contribution in [3.63, 3.8) is 0 Å². The number of halogens is 2. The van der Waals surface area contributed by atoms with Gasteiger partial charge < -0.3 is 15.5 Å². The molecule has 0 saturated carbocycles. The molecular formula is C30H31F2N7O4S. The van der Waals surface area contributed by atoms with Gasteiger partial charge in [-0.25, -0.2) is 36.5 Å². The molecule has 3 aromatic heterocycles. The summed E-state index contributed by atoms with van der Waals surface area (Å²) in [5.74, 6) is -1.95. The van der Waals surface area contributed by atoms with Gasteiger partial charge in [0.25, 0.3) is 0 Å². The summed E-state index contributed by atoms with van der Waals surface area (Å²) in [6.45, 7) is 10.7. The second kappa shape index (κ2) is 11.4. The van der Waals surface area contributed by atoms with E-state index in [1.165, 1.54) is 44.3 Å². The number of hydrogen-bond acceptors (Lipinski definition) is 9. The predicted octanol–water partition coefficient (Wildman–Crippen LogP) is 3.42. The molecule has 230 valence electrons. The van der Waals surface area contributed by atoms with Gasteiger partial charge in [-0.3, -0.25) is 4.79 Å². The van der Waals surface area contributed by atoms with E-state index in [0.717, 1.165) is 16.7 Å². The van der Waals surface area contributed by atoms with E-state index in [0.29, 0.717) is 5.56 Å². The Labute approximate surface area is 252 Å². The molecule has 1 fully saturated rings. The number of fused-ring (bicyclic) bond motifs is 1. The Morgan fingerprint density at radius 2 is 1.89 bits per heavy atom. The van der Waals surface area contributed by atoms with E-state index < -0.39 is 38.1 Å². The molecule has 2 N–H and O–H groups in total. The number of nitrogens with two attached hydrogens (primary N) is 1. The van der Waals surface area contributed by atoms with E-state index in [4.69, 9.17) is 5.73 Å². The number of hydrogen-bond donors (Lipinski definition) is 1. The Bertz CT molecular complexity index is 1980. The van der Waals surface area contributed by atoms with Crippen molar-refractivity contribution in [1.82, 2.24) is 24.4 Å². The third-order valence-corrected chi connectivity index (χ3v) is 9.76. The number of aryl methyl sites for hydroxylation is 1. The van der Waals surface area contributed by atoms with Crippen molar-refractivity contribution in [3.8, 4) is 16.9 Å². The van der Waals surface area contributed by atoms with Crippen molar-refractivity contribution in [2.24, 2.45) is 0 Å². The monoisotopic (exact) mass is 623 g/mol. The van der Waals surface area contributed by atoms with Gasteiger partial charge in [-0.05, 0) is 63.6 Å². The maximum atomic E-state index is 15.9. The Balaban J connectivity index is 1.87. The lowest BCUT2D eigenvalue weighted by molar-refractivity contribution is -0.126. The SMILES string of the molecule is C=CC(=O)N1CCN(c2nc(=O)n(-c3c(C)ccnc3S(=O)(=O)C(C)C)c3nc(-c4c(N)cccc4F)c(F)cc23)[C@@H](C)C1. The number of anilines is 2. The van der Waals surface area contributed by atoms with E-state index in [1.807, 2.05) is 6.92 Å². The topological polar surface area (TPSA) is 144 Å². The van der Waals surface area contributed by atoms with Gasteiger partial charge >= 0.3 is 5.69 Å². The molecule has 4 aromatic rings. The summed E-state index contributed by atoms with van der Waals surface area (Å²) in [5, 5.41) is -1.21. The van der Waals surface area contributed by atoms with E-state index in [9.17, 15) is 18.0 Å².